The molecule has 3 aromatic carbocycles. The average molecular weight is 488 g/mol. The van der Waals surface area contributed by atoms with Gasteiger partial charge in [0.25, 0.3) is 0 Å². The van der Waals surface area contributed by atoms with Crippen LogP contribution < -0.4 is 0 Å². The van der Waals surface area contributed by atoms with Crippen molar-refractivity contribution in [3.05, 3.63) is 95.2 Å². The minimum atomic E-state index is 0.0641. The van der Waals surface area contributed by atoms with Crippen molar-refractivity contribution in [2.75, 3.05) is 6.61 Å². The van der Waals surface area contributed by atoms with E-state index in [-0.39, 0.29) is 11.5 Å². The molecule has 5 aromatic rings. The molecule has 0 fully saturated rings. The number of benzene rings is 3. The lowest BCUT2D eigenvalue weighted by molar-refractivity contribution is 0.324. The Kier molecular flexibility index (Phi) is 5.45. The highest BCUT2D eigenvalue weighted by Gasteiger charge is 2.22. The highest BCUT2D eigenvalue weighted by Crippen LogP contribution is 2.36. The van der Waals surface area contributed by atoms with Crippen LogP contribution in [-0.4, -0.2) is 28.1 Å². The Bertz CT molecular complexity index is 1700. The van der Waals surface area contributed by atoms with E-state index in [1.165, 1.54) is 38.5 Å². The zero-order valence-corrected chi connectivity index (χ0v) is 22.5. The standard InChI is InChI=1S/C33H33N3O/c1-20-15-21(2)30(18-27(20)32-35-22(3)19-37-32)36-29-10-8-7-9-25(29)26-12-11-23(16-31(26)36)28-17-24(13-14-34-28)33(4,5)6/h7-18,22H,19H2,1-6H3/t22-/m1/s1. The minimum absolute atomic E-state index is 0.0641. The molecule has 37 heavy (non-hydrogen) atoms. The van der Waals surface area contributed by atoms with E-state index in [2.05, 4.69) is 113 Å². The van der Waals surface area contributed by atoms with Crippen LogP contribution in [0.4, 0.5) is 0 Å². The van der Waals surface area contributed by atoms with Gasteiger partial charge in [-0.25, -0.2) is 4.99 Å². The zero-order chi connectivity index (χ0) is 25.9. The van der Waals surface area contributed by atoms with E-state index in [1.54, 1.807) is 0 Å². The molecular weight excluding hydrogens is 454 g/mol. The van der Waals surface area contributed by atoms with Crippen molar-refractivity contribution in [1.29, 1.82) is 0 Å². The fourth-order valence-corrected chi connectivity index (χ4v) is 5.38. The summed E-state index contributed by atoms with van der Waals surface area (Å²) in [7, 11) is 0. The highest BCUT2D eigenvalue weighted by atomic mass is 16.5. The molecule has 0 amide bonds. The second-order valence-electron chi connectivity index (χ2n) is 11.3. The quantitative estimate of drug-likeness (QED) is 0.259. The second-order valence-corrected chi connectivity index (χ2v) is 11.3. The van der Waals surface area contributed by atoms with E-state index in [4.69, 9.17) is 14.7 Å². The lowest BCUT2D eigenvalue weighted by Crippen LogP contribution is -2.11. The summed E-state index contributed by atoms with van der Waals surface area (Å²) in [6.07, 6.45) is 1.93. The van der Waals surface area contributed by atoms with Gasteiger partial charge in [0.15, 0.2) is 0 Å². The second kappa shape index (κ2) is 8.58. The first-order valence-corrected chi connectivity index (χ1v) is 13.0. The van der Waals surface area contributed by atoms with Crippen LogP contribution in [0.25, 0.3) is 38.8 Å². The summed E-state index contributed by atoms with van der Waals surface area (Å²) < 4.78 is 8.36. The largest absolute Gasteiger partial charge is 0.475 e. The van der Waals surface area contributed by atoms with Crippen LogP contribution >= 0.6 is 0 Å². The van der Waals surface area contributed by atoms with Crippen LogP contribution in [0, 0.1) is 13.8 Å². The Morgan fingerprint density at radius 1 is 0.865 bits per heavy atom. The third-order valence-corrected chi connectivity index (χ3v) is 7.41. The van der Waals surface area contributed by atoms with Crippen LogP contribution in [0.5, 0.6) is 0 Å². The molecule has 0 bridgehead atoms. The van der Waals surface area contributed by atoms with Gasteiger partial charge < -0.3 is 9.30 Å². The molecule has 4 nitrogen and oxygen atoms in total. The number of ether oxygens (including phenoxy) is 1. The third-order valence-electron chi connectivity index (χ3n) is 7.41. The van der Waals surface area contributed by atoms with Gasteiger partial charge in [0.2, 0.25) is 5.90 Å². The summed E-state index contributed by atoms with van der Waals surface area (Å²) in [5.74, 6) is 0.746. The van der Waals surface area contributed by atoms with Crippen molar-refractivity contribution >= 4 is 27.7 Å². The van der Waals surface area contributed by atoms with Gasteiger partial charge in [-0.05, 0) is 73.2 Å². The van der Waals surface area contributed by atoms with Crippen molar-refractivity contribution in [1.82, 2.24) is 9.55 Å². The van der Waals surface area contributed by atoms with Gasteiger partial charge in [-0.2, -0.15) is 0 Å². The first kappa shape index (κ1) is 23.5. The maximum atomic E-state index is 5.97. The van der Waals surface area contributed by atoms with Gasteiger partial charge in [-0.15, -0.1) is 0 Å². The number of aromatic nitrogens is 2. The van der Waals surface area contributed by atoms with Crippen molar-refractivity contribution < 1.29 is 4.74 Å². The third kappa shape index (κ3) is 4.01. The first-order chi connectivity index (χ1) is 17.7. The topological polar surface area (TPSA) is 39.4 Å². The van der Waals surface area contributed by atoms with E-state index in [9.17, 15) is 0 Å². The highest BCUT2D eigenvalue weighted by molar-refractivity contribution is 6.10. The van der Waals surface area contributed by atoms with Gasteiger partial charge in [0.05, 0.1) is 22.8 Å². The Morgan fingerprint density at radius 2 is 1.65 bits per heavy atom. The van der Waals surface area contributed by atoms with Crippen molar-refractivity contribution in [3.63, 3.8) is 0 Å². The molecule has 2 aromatic heterocycles. The van der Waals surface area contributed by atoms with E-state index < -0.39 is 0 Å². The SMILES string of the molecule is Cc1cc(C)c(-n2c3ccccc3c3ccc(-c4cc(C(C)(C)C)ccn4)cc32)cc1C1=N[C@H](C)CO1. The minimum Gasteiger partial charge on any atom is -0.475 e. The fourth-order valence-electron chi connectivity index (χ4n) is 5.38. The summed E-state index contributed by atoms with van der Waals surface area (Å²) in [5.41, 5.74) is 10.4. The predicted molar refractivity (Wildman–Crippen MR) is 154 cm³/mol. The predicted octanol–water partition coefficient (Wildman–Crippen LogP) is 7.93. The van der Waals surface area contributed by atoms with Crippen molar-refractivity contribution in [2.24, 2.45) is 4.99 Å². The van der Waals surface area contributed by atoms with Crippen LogP contribution in [-0.2, 0) is 10.2 Å². The molecule has 1 aliphatic rings. The maximum absolute atomic E-state index is 5.97. The van der Waals surface area contributed by atoms with Gasteiger partial charge in [0.1, 0.15) is 6.61 Å². The smallest absolute Gasteiger partial charge is 0.216 e. The molecule has 0 aliphatic carbocycles. The number of para-hydroxylation sites is 1. The van der Waals surface area contributed by atoms with E-state index in [0.717, 1.165) is 28.4 Å². The summed E-state index contributed by atoms with van der Waals surface area (Å²) in [4.78, 5) is 9.50. The molecule has 0 saturated heterocycles. The normalized spacial score (nSPS) is 15.8. The lowest BCUT2D eigenvalue weighted by Gasteiger charge is -2.19. The van der Waals surface area contributed by atoms with E-state index in [1.807, 2.05) is 6.20 Å². The van der Waals surface area contributed by atoms with Gasteiger partial charge in [-0.1, -0.05) is 57.2 Å². The van der Waals surface area contributed by atoms with Crippen LogP contribution in [0.2, 0.25) is 0 Å². The number of hydrogen-bond acceptors (Lipinski definition) is 3. The summed E-state index contributed by atoms with van der Waals surface area (Å²) in [6.45, 7) is 13.8. The van der Waals surface area contributed by atoms with Gasteiger partial charge in [0, 0.05) is 33.8 Å². The molecular formula is C33H33N3O. The van der Waals surface area contributed by atoms with Gasteiger partial charge in [-0.3, -0.25) is 4.98 Å². The molecule has 0 unspecified atom stereocenters. The van der Waals surface area contributed by atoms with Crippen LogP contribution in [0.3, 0.4) is 0 Å². The van der Waals surface area contributed by atoms with Crippen molar-refractivity contribution in [3.8, 4) is 16.9 Å². The summed E-state index contributed by atoms with van der Waals surface area (Å²) >= 11 is 0. The number of hydrogen-bond donors (Lipinski definition) is 0. The van der Waals surface area contributed by atoms with Gasteiger partial charge >= 0.3 is 0 Å². The maximum Gasteiger partial charge on any atom is 0.216 e. The molecule has 1 aliphatic heterocycles. The molecule has 6 rings (SSSR count). The number of aryl methyl sites for hydroxylation is 2. The molecule has 0 radical (unpaired) electrons. The van der Waals surface area contributed by atoms with E-state index in [0.29, 0.717) is 6.61 Å². The van der Waals surface area contributed by atoms with E-state index >= 15 is 0 Å². The monoisotopic (exact) mass is 487 g/mol. The lowest BCUT2D eigenvalue weighted by atomic mass is 9.87. The Hall–Kier alpha value is -3.92. The fraction of sp³-hybridized carbons (Fsp3) is 0.273. The Morgan fingerprint density at radius 3 is 2.41 bits per heavy atom. The molecule has 0 spiro atoms. The first-order valence-electron chi connectivity index (χ1n) is 13.0. The molecule has 0 saturated carbocycles. The Balaban J connectivity index is 1.61. The number of aliphatic imine (C=N–C) groups is 1. The van der Waals surface area contributed by atoms with Crippen LogP contribution in [0.1, 0.15) is 49.9 Å². The molecule has 186 valence electrons. The van der Waals surface area contributed by atoms with Crippen LogP contribution in [0.15, 0.2) is 77.9 Å². The van der Waals surface area contributed by atoms with Crippen molar-refractivity contribution in [2.45, 2.75) is 53.0 Å². The zero-order valence-electron chi connectivity index (χ0n) is 22.5. The number of rotatable bonds is 3. The number of fused-ring (bicyclic) bond motifs is 3. The molecule has 1 atom stereocenters. The Labute approximate surface area is 218 Å². The summed E-state index contributed by atoms with van der Waals surface area (Å²) in [6, 6.07) is 24.4. The molecule has 4 heteroatoms. The molecule has 3 heterocycles. The number of pyridine rings is 1. The summed E-state index contributed by atoms with van der Waals surface area (Å²) in [5, 5.41) is 2.47. The average Bonchev–Trinajstić information content (AvgIpc) is 3.45. The number of nitrogens with zero attached hydrogens (tertiary/aromatic N) is 3. The molecule has 0 N–H and O–H groups in total.